The summed E-state index contributed by atoms with van der Waals surface area (Å²) < 4.78 is 4.57. The second-order valence-corrected chi connectivity index (χ2v) is 4.90. The van der Waals surface area contributed by atoms with Crippen molar-refractivity contribution >= 4 is 51.3 Å². The van der Waals surface area contributed by atoms with E-state index in [1.54, 1.807) is 23.6 Å². The lowest BCUT2D eigenvalue weighted by molar-refractivity contribution is 0.0595. The van der Waals surface area contributed by atoms with Crippen LogP contribution in [0.4, 0.5) is 10.8 Å². The Balaban J connectivity index is 2.21. The number of rotatable bonds is 3. The first kappa shape index (κ1) is 13.1. The molecule has 0 aliphatic heterocycles. The summed E-state index contributed by atoms with van der Waals surface area (Å²) in [4.78, 5) is 15.3. The Morgan fingerprint density at radius 3 is 2.94 bits per heavy atom. The fraction of sp³-hybridized carbons (Fsp3) is 0.0909. The van der Waals surface area contributed by atoms with Crippen molar-refractivity contribution in [3.63, 3.8) is 0 Å². The molecule has 7 heteroatoms. The van der Waals surface area contributed by atoms with Crippen molar-refractivity contribution in [2.75, 3.05) is 12.4 Å². The summed E-state index contributed by atoms with van der Waals surface area (Å²) >= 11 is 13.2. The number of ether oxygens (including phenoxy) is 1. The van der Waals surface area contributed by atoms with Crippen LogP contribution in [0.15, 0.2) is 23.6 Å². The Labute approximate surface area is 118 Å². The highest BCUT2D eigenvalue weighted by Gasteiger charge is 2.12. The highest BCUT2D eigenvalue weighted by atomic mass is 35.5. The minimum Gasteiger partial charge on any atom is -0.464 e. The van der Waals surface area contributed by atoms with E-state index in [1.807, 2.05) is 0 Å². The number of thiazole rings is 1. The molecule has 0 aliphatic carbocycles. The molecular formula is C11H8Cl2N2O2S. The molecule has 1 aromatic carbocycles. The van der Waals surface area contributed by atoms with Crippen LogP contribution in [0.2, 0.25) is 10.0 Å². The number of halogens is 2. The molecule has 0 saturated carbocycles. The van der Waals surface area contributed by atoms with E-state index in [2.05, 4.69) is 15.0 Å². The molecule has 1 heterocycles. The molecule has 1 N–H and O–H groups in total. The molecule has 0 atom stereocenters. The van der Waals surface area contributed by atoms with Crippen LogP contribution in [-0.2, 0) is 4.74 Å². The van der Waals surface area contributed by atoms with Gasteiger partial charge in [0.15, 0.2) is 10.8 Å². The van der Waals surface area contributed by atoms with Gasteiger partial charge in [-0.2, -0.15) is 0 Å². The van der Waals surface area contributed by atoms with E-state index in [1.165, 1.54) is 18.4 Å². The maximum Gasteiger partial charge on any atom is 0.357 e. The average Bonchev–Trinajstić information content (AvgIpc) is 2.82. The van der Waals surface area contributed by atoms with Crippen LogP contribution in [0.1, 0.15) is 10.5 Å². The molecule has 0 unspecified atom stereocenters. The standard InChI is InChI=1S/C11H8Cl2N2O2S/c1-17-10(16)8-5-18-11(15-8)14-7-4-2-3-6(12)9(7)13/h2-5H,1H3,(H,14,15). The molecule has 0 fully saturated rings. The third-order valence-corrected chi connectivity index (χ3v) is 3.67. The summed E-state index contributed by atoms with van der Waals surface area (Å²) in [6.07, 6.45) is 0. The number of hydrogen-bond acceptors (Lipinski definition) is 5. The van der Waals surface area contributed by atoms with Crippen LogP contribution in [0.3, 0.4) is 0 Å². The van der Waals surface area contributed by atoms with Gasteiger partial charge in [-0.25, -0.2) is 9.78 Å². The van der Waals surface area contributed by atoms with Crippen molar-refractivity contribution in [1.82, 2.24) is 4.98 Å². The van der Waals surface area contributed by atoms with Gasteiger partial charge in [-0.05, 0) is 12.1 Å². The van der Waals surface area contributed by atoms with Crippen molar-refractivity contribution in [3.8, 4) is 0 Å². The summed E-state index contributed by atoms with van der Waals surface area (Å²) in [7, 11) is 1.31. The van der Waals surface area contributed by atoms with Crippen molar-refractivity contribution in [1.29, 1.82) is 0 Å². The number of methoxy groups -OCH3 is 1. The van der Waals surface area contributed by atoms with Gasteiger partial charge < -0.3 is 10.1 Å². The number of benzene rings is 1. The zero-order chi connectivity index (χ0) is 13.1. The van der Waals surface area contributed by atoms with Gasteiger partial charge in [0.25, 0.3) is 0 Å². The van der Waals surface area contributed by atoms with Crippen molar-refractivity contribution in [3.05, 3.63) is 39.3 Å². The lowest BCUT2D eigenvalue weighted by atomic mass is 10.3. The van der Waals surface area contributed by atoms with E-state index in [4.69, 9.17) is 23.2 Å². The second kappa shape index (κ2) is 5.56. The van der Waals surface area contributed by atoms with E-state index in [0.29, 0.717) is 20.9 Å². The van der Waals surface area contributed by atoms with E-state index in [-0.39, 0.29) is 5.69 Å². The van der Waals surface area contributed by atoms with E-state index in [0.717, 1.165) is 0 Å². The Morgan fingerprint density at radius 2 is 2.22 bits per heavy atom. The number of aromatic nitrogens is 1. The molecule has 2 aromatic rings. The van der Waals surface area contributed by atoms with E-state index < -0.39 is 5.97 Å². The normalized spacial score (nSPS) is 10.2. The van der Waals surface area contributed by atoms with Gasteiger partial charge in [0.05, 0.1) is 22.8 Å². The quantitative estimate of drug-likeness (QED) is 0.871. The number of carbonyl (C=O) groups is 1. The Hall–Kier alpha value is -1.30. The topological polar surface area (TPSA) is 51.2 Å². The molecule has 0 spiro atoms. The third-order valence-electron chi connectivity index (χ3n) is 2.09. The Kier molecular flexibility index (Phi) is 4.06. The summed E-state index contributed by atoms with van der Waals surface area (Å²) in [5.74, 6) is -0.475. The first-order valence-corrected chi connectivity index (χ1v) is 6.50. The molecule has 0 saturated heterocycles. The molecule has 18 heavy (non-hydrogen) atoms. The van der Waals surface area contributed by atoms with Crippen LogP contribution in [0.25, 0.3) is 0 Å². The molecular weight excluding hydrogens is 295 g/mol. The predicted octanol–water partition coefficient (Wildman–Crippen LogP) is 3.98. The molecule has 0 aliphatic rings. The average molecular weight is 303 g/mol. The first-order valence-electron chi connectivity index (χ1n) is 4.86. The van der Waals surface area contributed by atoms with Crippen molar-refractivity contribution in [2.24, 2.45) is 0 Å². The van der Waals surface area contributed by atoms with E-state index >= 15 is 0 Å². The molecule has 0 radical (unpaired) electrons. The number of carbonyl (C=O) groups excluding carboxylic acids is 1. The summed E-state index contributed by atoms with van der Waals surface area (Å²) in [5, 5.41) is 6.00. The largest absolute Gasteiger partial charge is 0.464 e. The minimum absolute atomic E-state index is 0.253. The second-order valence-electron chi connectivity index (χ2n) is 3.26. The number of anilines is 2. The van der Waals surface area contributed by atoms with Gasteiger partial charge >= 0.3 is 5.97 Å². The highest BCUT2D eigenvalue weighted by molar-refractivity contribution is 7.14. The van der Waals surface area contributed by atoms with E-state index in [9.17, 15) is 4.79 Å². The molecule has 94 valence electrons. The molecule has 2 rings (SSSR count). The van der Waals surface area contributed by atoms with Gasteiger partial charge in [0.2, 0.25) is 0 Å². The van der Waals surface area contributed by atoms with Crippen molar-refractivity contribution < 1.29 is 9.53 Å². The van der Waals surface area contributed by atoms with Gasteiger partial charge in [-0.1, -0.05) is 29.3 Å². The fourth-order valence-electron chi connectivity index (χ4n) is 1.25. The van der Waals surface area contributed by atoms with Gasteiger partial charge in [-0.3, -0.25) is 0 Å². The van der Waals surface area contributed by atoms with Crippen LogP contribution in [0.5, 0.6) is 0 Å². The lowest BCUT2D eigenvalue weighted by Crippen LogP contribution is -2.01. The minimum atomic E-state index is -0.475. The van der Waals surface area contributed by atoms with Crippen LogP contribution < -0.4 is 5.32 Å². The zero-order valence-corrected chi connectivity index (χ0v) is 11.6. The highest BCUT2D eigenvalue weighted by Crippen LogP contribution is 2.32. The Bertz CT molecular complexity index is 586. The number of hydrogen-bond donors (Lipinski definition) is 1. The number of nitrogens with zero attached hydrogens (tertiary/aromatic N) is 1. The SMILES string of the molecule is COC(=O)c1csc(Nc2cccc(Cl)c2Cl)n1. The molecule has 1 aromatic heterocycles. The lowest BCUT2D eigenvalue weighted by Gasteiger charge is -2.05. The molecule has 0 bridgehead atoms. The van der Waals surface area contributed by atoms with Crippen LogP contribution in [-0.4, -0.2) is 18.1 Å². The van der Waals surface area contributed by atoms with Gasteiger partial charge in [0.1, 0.15) is 0 Å². The Morgan fingerprint density at radius 1 is 1.44 bits per heavy atom. The summed E-state index contributed by atoms with van der Waals surface area (Å²) in [6, 6.07) is 5.23. The van der Waals surface area contributed by atoms with Crippen LogP contribution in [0, 0.1) is 0 Å². The fourth-order valence-corrected chi connectivity index (χ4v) is 2.28. The van der Waals surface area contributed by atoms with Gasteiger partial charge in [0, 0.05) is 5.38 Å². The number of esters is 1. The number of nitrogens with one attached hydrogen (secondary N) is 1. The summed E-state index contributed by atoms with van der Waals surface area (Å²) in [5.41, 5.74) is 0.887. The zero-order valence-electron chi connectivity index (χ0n) is 9.24. The summed E-state index contributed by atoms with van der Waals surface area (Å²) in [6.45, 7) is 0. The molecule has 4 nitrogen and oxygen atoms in total. The maximum atomic E-state index is 11.2. The first-order chi connectivity index (χ1) is 8.61. The monoisotopic (exact) mass is 302 g/mol. The molecule has 0 amide bonds. The predicted molar refractivity (Wildman–Crippen MR) is 73.2 cm³/mol. The maximum absolute atomic E-state index is 11.2. The van der Waals surface area contributed by atoms with Gasteiger partial charge in [-0.15, -0.1) is 11.3 Å². The smallest absolute Gasteiger partial charge is 0.357 e. The van der Waals surface area contributed by atoms with Crippen LogP contribution >= 0.6 is 34.5 Å². The third kappa shape index (κ3) is 2.75. The van der Waals surface area contributed by atoms with Crippen molar-refractivity contribution in [2.45, 2.75) is 0 Å².